The van der Waals surface area contributed by atoms with E-state index in [4.69, 9.17) is 0 Å². The summed E-state index contributed by atoms with van der Waals surface area (Å²) in [6.45, 7) is 1.64. The number of thiophene rings is 1. The van der Waals surface area contributed by atoms with Crippen molar-refractivity contribution < 1.29 is 27.6 Å². The largest absolute Gasteiger partial charge is 0.416 e. The Morgan fingerprint density at radius 1 is 0.878 bits per heavy atom. The molecule has 0 aliphatic rings. The molecule has 0 aliphatic heterocycles. The molecule has 1 aromatic heterocycles. The second kappa shape index (κ2) is 13.3. The molecule has 41 heavy (non-hydrogen) atoms. The summed E-state index contributed by atoms with van der Waals surface area (Å²) >= 11 is 2.67. The molecule has 0 saturated heterocycles. The average Bonchev–Trinajstić information content (AvgIpc) is 3.47. The zero-order chi connectivity index (χ0) is 29.4. The van der Waals surface area contributed by atoms with Crippen molar-refractivity contribution in [3.63, 3.8) is 0 Å². The minimum Gasteiger partial charge on any atom is -0.325 e. The van der Waals surface area contributed by atoms with E-state index in [2.05, 4.69) is 16.0 Å². The number of carbonyl (C=O) groups is 3. The molecule has 0 aliphatic carbocycles. The monoisotopic (exact) mass is 595 g/mol. The van der Waals surface area contributed by atoms with Crippen molar-refractivity contribution in [1.29, 1.82) is 0 Å². The number of hydrogen-bond acceptors (Lipinski definition) is 5. The molecule has 210 valence electrons. The molecule has 1 unspecified atom stereocenters. The first-order chi connectivity index (χ1) is 19.6. The highest BCUT2D eigenvalue weighted by molar-refractivity contribution is 8.00. The van der Waals surface area contributed by atoms with Crippen LogP contribution in [0.3, 0.4) is 0 Å². The maximum atomic E-state index is 13.1. The van der Waals surface area contributed by atoms with Gasteiger partial charge in [-0.2, -0.15) is 24.5 Å². The lowest BCUT2D eigenvalue weighted by atomic mass is 10.2. The summed E-state index contributed by atoms with van der Waals surface area (Å²) in [5.74, 6) is -1.40. The van der Waals surface area contributed by atoms with Gasteiger partial charge >= 0.3 is 6.18 Å². The smallest absolute Gasteiger partial charge is 0.325 e. The molecule has 0 spiro atoms. The van der Waals surface area contributed by atoms with Gasteiger partial charge < -0.3 is 16.0 Å². The summed E-state index contributed by atoms with van der Waals surface area (Å²) in [5, 5.41) is 11.0. The van der Waals surface area contributed by atoms with Crippen molar-refractivity contribution in [2.45, 2.75) is 23.2 Å². The van der Waals surface area contributed by atoms with Crippen molar-refractivity contribution in [2.24, 2.45) is 0 Å². The van der Waals surface area contributed by atoms with Gasteiger partial charge in [0.05, 0.1) is 10.8 Å². The van der Waals surface area contributed by atoms with Gasteiger partial charge in [-0.25, -0.2) is 0 Å². The zero-order valence-corrected chi connectivity index (χ0v) is 23.2. The van der Waals surface area contributed by atoms with Crippen molar-refractivity contribution in [3.8, 4) is 0 Å². The van der Waals surface area contributed by atoms with Crippen molar-refractivity contribution in [1.82, 2.24) is 5.32 Å². The number of thioether (sulfide) groups is 1. The van der Waals surface area contributed by atoms with Gasteiger partial charge in [0.1, 0.15) is 5.70 Å². The number of nitrogens with one attached hydrogen (secondary N) is 3. The Labute approximate surface area is 242 Å². The summed E-state index contributed by atoms with van der Waals surface area (Å²) in [6.07, 6.45) is -2.92. The van der Waals surface area contributed by atoms with Gasteiger partial charge in [0, 0.05) is 21.8 Å². The quantitative estimate of drug-likeness (QED) is 0.140. The first kappa shape index (κ1) is 29.6. The summed E-state index contributed by atoms with van der Waals surface area (Å²) in [5.41, 5.74) is 0.908. The molecule has 4 aromatic rings. The summed E-state index contributed by atoms with van der Waals surface area (Å²) in [6, 6.07) is 21.5. The first-order valence-corrected chi connectivity index (χ1v) is 14.1. The van der Waals surface area contributed by atoms with E-state index in [1.165, 1.54) is 35.2 Å². The van der Waals surface area contributed by atoms with E-state index in [1.54, 1.807) is 67.6 Å². The standard InChI is InChI=1S/C30H24F3N3O3S2/c1-19(27(37)35-24-9-5-8-22(17-24)30(31,32)33)41-25-12-10-23(11-13-25)34-29(39)26(16-20-14-15-40-18-20)36-28(38)21-6-3-2-4-7-21/h2-19H,1H3,(H,34,39)(H,35,37)(H,36,38)/b26-16-. The molecule has 0 saturated carbocycles. The second-order valence-electron chi connectivity index (χ2n) is 8.74. The van der Waals surface area contributed by atoms with Gasteiger partial charge in [-0.3, -0.25) is 14.4 Å². The van der Waals surface area contributed by atoms with Crippen LogP contribution in [0.5, 0.6) is 0 Å². The van der Waals surface area contributed by atoms with Crippen molar-refractivity contribution in [2.75, 3.05) is 10.6 Å². The lowest BCUT2D eigenvalue weighted by Gasteiger charge is -2.14. The van der Waals surface area contributed by atoms with Crippen LogP contribution in [0.4, 0.5) is 24.5 Å². The number of halogens is 3. The molecule has 1 atom stereocenters. The number of carbonyl (C=O) groups excluding carboxylic acids is 3. The molecule has 11 heteroatoms. The molecule has 3 aromatic carbocycles. The molecule has 3 amide bonds. The van der Waals surface area contributed by atoms with Crippen LogP contribution in [0.25, 0.3) is 6.08 Å². The van der Waals surface area contributed by atoms with Crippen LogP contribution in [0, 0.1) is 0 Å². The number of alkyl halides is 3. The van der Waals surface area contributed by atoms with Gasteiger partial charge in [-0.05, 0) is 90.0 Å². The fourth-order valence-electron chi connectivity index (χ4n) is 3.56. The normalized spacial score (nSPS) is 12.3. The Hall–Kier alpha value is -4.35. The third-order valence-corrected chi connectivity index (χ3v) is 7.45. The fourth-order valence-corrected chi connectivity index (χ4v) is 5.04. The highest BCUT2D eigenvalue weighted by Crippen LogP contribution is 2.31. The molecule has 1 heterocycles. The lowest BCUT2D eigenvalue weighted by Crippen LogP contribution is -2.30. The fraction of sp³-hybridized carbons (Fsp3) is 0.100. The molecular formula is C30H24F3N3O3S2. The van der Waals surface area contributed by atoms with Gasteiger partial charge in [-0.15, -0.1) is 11.8 Å². The summed E-state index contributed by atoms with van der Waals surface area (Å²) in [7, 11) is 0. The molecule has 0 bridgehead atoms. The Bertz CT molecular complexity index is 1540. The van der Waals surface area contributed by atoms with Crippen LogP contribution < -0.4 is 16.0 Å². The van der Waals surface area contributed by atoms with Crippen LogP contribution in [0.1, 0.15) is 28.4 Å². The van der Waals surface area contributed by atoms with E-state index in [1.807, 2.05) is 16.8 Å². The summed E-state index contributed by atoms with van der Waals surface area (Å²) in [4.78, 5) is 39.1. The van der Waals surface area contributed by atoms with E-state index in [-0.39, 0.29) is 11.4 Å². The number of amides is 3. The number of rotatable bonds is 9. The number of anilines is 2. The number of hydrogen-bond donors (Lipinski definition) is 3. The Kier molecular flexibility index (Phi) is 9.64. The molecular weight excluding hydrogens is 571 g/mol. The first-order valence-electron chi connectivity index (χ1n) is 12.2. The Morgan fingerprint density at radius 3 is 2.27 bits per heavy atom. The zero-order valence-electron chi connectivity index (χ0n) is 21.6. The van der Waals surface area contributed by atoms with E-state index < -0.39 is 34.7 Å². The van der Waals surface area contributed by atoms with Gasteiger partial charge in [0.25, 0.3) is 11.8 Å². The summed E-state index contributed by atoms with van der Waals surface area (Å²) < 4.78 is 38.9. The third-order valence-electron chi connectivity index (χ3n) is 5.63. The predicted molar refractivity (Wildman–Crippen MR) is 157 cm³/mol. The molecule has 6 nitrogen and oxygen atoms in total. The van der Waals surface area contributed by atoms with Gasteiger partial charge in [0.15, 0.2) is 0 Å². The third kappa shape index (κ3) is 8.57. The van der Waals surface area contributed by atoms with E-state index in [9.17, 15) is 27.6 Å². The average molecular weight is 596 g/mol. The Morgan fingerprint density at radius 2 is 1.61 bits per heavy atom. The Balaban J connectivity index is 1.38. The van der Waals surface area contributed by atoms with Crippen LogP contribution >= 0.6 is 23.1 Å². The SMILES string of the molecule is CC(Sc1ccc(NC(=O)/C(=C/c2ccsc2)NC(=O)c2ccccc2)cc1)C(=O)Nc1cccc(C(F)(F)F)c1. The number of benzene rings is 3. The topological polar surface area (TPSA) is 87.3 Å². The minimum absolute atomic E-state index is 0.0565. The predicted octanol–water partition coefficient (Wildman–Crippen LogP) is 7.30. The van der Waals surface area contributed by atoms with E-state index >= 15 is 0 Å². The molecule has 0 fully saturated rings. The maximum Gasteiger partial charge on any atom is 0.416 e. The van der Waals surface area contributed by atoms with Crippen molar-refractivity contribution in [3.05, 3.63) is 118 Å². The maximum absolute atomic E-state index is 13.1. The molecule has 4 rings (SSSR count). The van der Waals surface area contributed by atoms with E-state index in [0.717, 1.165) is 17.7 Å². The van der Waals surface area contributed by atoms with Gasteiger partial charge in [0.2, 0.25) is 5.91 Å². The highest BCUT2D eigenvalue weighted by atomic mass is 32.2. The van der Waals surface area contributed by atoms with Crippen LogP contribution in [0.2, 0.25) is 0 Å². The molecule has 0 radical (unpaired) electrons. The van der Waals surface area contributed by atoms with Crippen LogP contribution in [-0.2, 0) is 15.8 Å². The van der Waals surface area contributed by atoms with Gasteiger partial charge in [-0.1, -0.05) is 24.3 Å². The highest BCUT2D eigenvalue weighted by Gasteiger charge is 2.30. The molecule has 3 N–H and O–H groups in total. The van der Waals surface area contributed by atoms with Crippen LogP contribution in [0.15, 0.2) is 106 Å². The van der Waals surface area contributed by atoms with E-state index in [0.29, 0.717) is 16.1 Å². The minimum atomic E-state index is -4.51. The second-order valence-corrected chi connectivity index (χ2v) is 10.9. The lowest BCUT2D eigenvalue weighted by molar-refractivity contribution is -0.137. The van der Waals surface area contributed by atoms with Crippen molar-refractivity contribution >= 4 is 58.3 Å². The van der Waals surface area contributed by atoms with Crippen LogP contribution in [-0.4, -0.2) is 23.0 Å².